The van der Waals surface area contributed by atoms with E-state index >= 15 is 0 Å². The summed E-state index contributed by atoms with van der Waals surface area (Å²) in [6.07, 6.45) is 1.95. The summed E-state index contributed by atoms with van der Waals surface area (Å²) in [6, 6.07) is 14.7. The first-order chi connectivity index (χ1) is 14.0. The quantitative estimate of drug-likeness (QED) is 0.634. The number of carbonyl (C=O) groups is 2. The van der Waals surface area contributed by atoms with Crippen LogP contribution in [0.15, 0.2) is 53.5 Å². The van der Waals surface area contributed by atoms with Gasteiger partial charge in [-0.25, -0.2) is 4.99 Å². The maximum atomic E-state index is 12.8. The van der Waals surface area contributed by atoms with Gasteiger partial charge in [-0.3, -0.25) is 9.59 Å². The van der Waals surface area contributed by atoms with Gasteiger partial charge in [0.15, 0.2) is 0 Å². The van der Waals surface area contributed by atoms with Crippen LogP contribution in [0.2, 0.25) is 5.02 Å². The zero-order valence-corrected chi connectivity index (χ0v) is 17.4. The van der Waals surface area contributed by atoms with Crippen molar-refractivity contribution in [2.75, 3.05) is 5.32 Å². The van der Waals surface area contributed by atoms with Crippen LogP contribution in [0.5, 0.6) is 0 Å². The molecule has 1 unspecified atom stereocenters. The molecule has 1 aliphatic rings. The third kappa shape index (κ3) is 5.04. The molecule has 1 heterocycles. The van der Waals surface area contributed by atoms with Crippen LogP contribution in [0.1, 0.15) is 50.7 Å². The van der Waals surface area contributed by atoms with Crippen molar-refractivity contribution < 1.29 is 14.3 Å². The van der Waals surface area contributed by atoms with Crippen molar-refractivity contribution in [3.05, 3.63) is 64.7 Å². The van der Waals surface area contributed by atoms with Gasteiger partial charge < -0.3 is 10.1 Å². The monoisotopic (exact) mass is 412 g/mol. The summed E-state index contributed by atoms with van der Waals surface area (Å²) >= 11 is 6.20. The van der Waals surface area contributed by atoms with Gasteiger partial charge in [-0.05, 0) is 31.0 Å². The van der Waals surface area contributed by atoms with E-state index in [-0.39, 0.29) is 11.9 Å². The highest BCUT2D eigenvalue weighted by atomic mass is 35.5. The molecule has 3 rings (SSSR count). The smallest absolute Gasteiger partial charge is 0.311 e. The molecule has 152 valence electrons. The van der Waals surface area contributed by atoms with E-state index < -0.39 is 12.1 Å². The number of carbonyl (C=O) groups excluding carboxylic acids is 2. The lowest BCUT2D eigenvalue weighted by Crippen LogP contribution is -2.33. The second-order valence-electron chi connectivity index (χ2n) is 7.09. The van der Waals surface area contributed by atoms with E-state index in [0.29, 0.717) is 22.0 Å². The third-order valence-electron chi connectivity index (χ3n) is 4.85. The molecule has 0 saturated carbocycles. The number of benzodiazepines with no additional fused rings is 1. The summed E-state index contributed by atoms with van der Waals surface area (Å²) in [6.45, 7) is 4.06. The van der Waals surface area contributed by atoms with E-state index in [1.165, 1.54) is 0 Å². The number of esters is 1. The van der Waals surface area contributed by atoms with Crippen LogP contribution in [0.4, 0.5) is 5.69 Å². The summed E-state index contributed by atoms with van der Waals surface area (Å²) in [5.74, 6) is -1.08. The minimum atomic E-state index is -1.25. The molecule has 0 fully saturated rings. The van der Waals surface area contributed by atoms with E-state index in [0.717, 1.165) is 31.2 Å². The van der Waals surface area contributed by atoms with Crippen molar-refractivity contribution in [2.24, 2.45) is 10.9 Å². The van der Waals surface area contributed by atoms with Crippen LogP contribution in [0, 0.1) is 5.92 Å². The van der Waals surface area contributed by atoms with Crippen LogP contribution < -0.4 is 5.32 Å². The lowest BCUT2D eigenvalue weighted by molar-refractivity contribution is -0.158. The summed E-state index contributed by atoms with van der Waals surface area (Å²) in [4.78, 5) is 30.1. The van der Waals surface area contributed by atoms with Crippen molar-refractivity contribution in [1.29, 1.82) is 0 Å². The molecule has 0 saturated heterocycles. The van der Waals surface area contributed by atoms with Crippen LogP contribution in [-0.4, -0.2) is 23.8 Å². The molecule has 1 amide bonds. The van der Waals surface area contributed by atoms with Crippen molar-refractivity contribution >= 4 is 34.9 Å². The Hall–Kier alpha value is -2.66. The van der Waals surface area contributed by atoms with Gasteiger partial charge >= 0.3 is 5.97 Å². The Morgan fingerprint density at radius 3 is 2.48 bits per heavy atom. The van der Waals surface area contributed by atoms with Gasteiger partial charge in [-0.15, -0.1) is 0 Å². The first-order valence-electron chi connectivity index (χ1n) is 9.98. The highest BCUT2D eigenvalue weighted by Crippen LogP contribution is 2.28. The van der Waals surface area contributed by atoms with Crippen molar-refractivity contribution in [1.82, 2.24) is 0 Å². The molecule has 2 aromatic carbocycles. The normalized spacial score (nSPS) is 15.9. The van der Waals surface area contributed by atoms with E-state index in [9.17, 15) is 9.59 Å². The van der Waals surface area contributed by atoms with Gasteiger partial charge in [0.05, 0.1) is 17.3 Å². The Balaban J connectivity index is 1.99. The SMILES string of the molecule is CCCC(CCC)C(=O)OC1N=C(c2ccccc2)c2cc(Cl)ccc2NC1=O. The molecule has 1 N–H and O–H groups in total. The fraction of sp³-hybridized carbons (Fsp3) is 0.348. The molecule has 0 bridgehead atoms. The minimum absolute atomic E-state index is 0.228. The number of hydrogen-bond acceptors (Lipinski definition) is 4. The van der Waals surface area contributed by atoms with Gasteiger partial charge in [0.25, 0.3) is 12.1 Å². The Morgan fingerprint density at radius 1 is 1.14 bits per heavy atom. The Kier molecular flexibility index (Phi) is 7.04. The van der Waals surface area contributed by atoms with Gasteiger partial charge in [0, 0.05) is 16.1 Å². The predicted octanol–water partition coefficient (Wildman–Crippen LogP) is 5.22. The average molecular weight is 413 g/mol. The van der Waals surface area contributed by atoms with Crippen molar-refractivity contribution in [2.45, 2.75) is 45.8 Å². The summed E-state index contributed by atoms with van der Waals surface area (Å²) in [7, 11) is 0. The number of anilines is 1. The van der Waals surface area contributed by atoms with E-state index in [1.54, 1.807) is 18.2 Å². The van der Waals surface area contributed by atoms with Crippen LogP contribution in [0.3, 0.4) is 0 Å². The maximum absolute atomic E-state index is 12.8. The standard InChI is InChI=1S/C23H25ClN2O3/c1-3-8-16(9-4-2)23(28)29-22-21(27)25-19-13-12-17(24)14-18(19)20(26-22)15-10-6-5-7-11-15/h5-7,10-14,16,22H,3-4,8-9H2,1-2H3,(H,25,27). The second kappa shape index (κ2) is 9.70. The molecule has 0 radical (unpaired) electrons. The molecule has 1 aliphatic heterocycles. The second-order valence-corrected chi connectivity index (χ2v) is 7.52. The van der Waals surface area contributed by atoms with E-state index in [2.05, 4.69) is 10.3 Å². The molecule has 0 spiro atoms. The number of nitrogens with one attached hydrogen (secondary N) is 1. The van der Waals surface area contributed by atoms with Gasteiger partial charge in [0.1, 0.15) is 0 Å². The number of halogens is 1. The highest BCUT2D eigenvalue weighted by molar-refractivity contribution is 6.32. The zero-order chi connectivity index (χ0) is 20.8. The summed E-state index contributed by atoms with van der Waals surface area (Å²) < 4.78 is 5.59. The molecule has 5 nitrogen and oxygen atoms in total. The molecule has 2 aromatic rings. The summed E-state index contributed by atoms with van der Waals surface area (Å²) in [5.41, 5.74) is 2.64. The molecule has 0 aromatic heterocycles. The third-order valence-corrected chi connectivity index (χ3v) is 5.08. The Morgan fingerprint density at radius 2 is 1.83 bits per heavy atom. The van der Waals surface area contributed by atoms with Gasteiger partial charge in [0.2, 0.25) is 0 Å². The number of aliphatic imine (C=N–C) groups is 1. The lowest BCUT2D eigenvalue weighted by atomic mass is 9.99. The largest absolute Gasteiger partial charge is 0.430 e. The Bertz CT molecular complexity index is 906. The number of benzene rings is 2. The lowest BCUT2D eigenvalue weighted by Gasteiger charge is -2.18. The van der Waals surface area contributed by atoms with Crippen LogP contribution in [0.25, 0.3) is 0 Å². The van der Waals surface area contributed by atoms with Crippen LogP contribution in [-0.2, 0) is 14.3 Å². The van der Waals surface area contributed by atoms with Crippen molar-refractivity contribution in [3.63, 3.8) is 0 Å². The highest BCUT2D eigenvalue weighted by Gasteiger charge is 2.31. The molecule has 6 heteroatoms. The predicted molar refractivity (Wildman–Crippen MR) is 115 cm³/mol. The number of amides is 1. The van der Waals surface area contributed by atoms with Gasteiger partial charge in [-0.2, -0.15) is 0 Å². The zero-order valence-electron chi connectivity index (χ0n) is 16.7. The number of hydrogen-bond donors (Lipinski definition) is 1. The maximum Gasteiger partial charge on any atom is 0.311 e. The molecule has 29 heavy (non-hydrogen) atoms. The van der Waals surface area contributed by atoms with E-state index in [1.807, 2.05) is 44.2 Å². The molecular weight excluding hydrogens is 388 g/mol. The molecular formula is C23H25ClN2O3. The molecule has 0 aliphatic carbocycles. The van der Waals surface area contributed by atoms with Gasteiger partial charge in [-0.1, -0.05) is 68.6 Å². The first kappa shape index (κ1) is 21.1. The number of nitrogens with zero attached hydrogens (tertiary/aromatic N) is 1. The topological polar surface area (TPSA) is 67.8 Å². The number of rotatable bonds is 7. The number of fused-ring (bicyclic) bond motifs is 1. The fourth-order valence-corrected chi connectivity index (χ4v) is 3.62. The molecule has 1 atom stereocenters. The minimum Gasteiger partial charge on any atom is -0.430 e. The first-order valence-corrected chi connectivity index (χ1v) is 10.4. The van der Waals surface area contributed by atoms with Crippen LogP contribution >= 0.6 is 11.6 Å². The summed E-state index contributed by atoms with van der Waals surface area (Å²) in [5, 5.41) is 3.35. The Labute approximate surface area is 176 Å². The average Bonchev–Trinajstić information content (AvgIpc) is 2.85. The fourth-order valence-electron chi connectivity index (χ4n) is 3.45. The number of ether oxygens (including phenoxy) is 1. The van der Waals surface area contributed by atoms with E-state index in [4.69, 9.17) is 16.3 Å². The van der Waals surface area contributed by atoms with Crippen molar-refractivity contribution in [3.8, 4) is 0 Å².